The summed E-state index contributed by atoms with van der Waals surface area (Å²) in [6.07, 6.45) is 4.37. The van der Waals surface area contributed by atoms with E-state index in [9.17, 15) is 9.59 Å². The molecule has 4 heteroatoms. The van der Waals surface area contributed by atoms with Crippen molar-refractivity contribution in [3.8, 4) is 0 Å². The second-order valence-electron chi connectivity index (χ2n) is 3.94. The molecular formula is C13H19NO3. The van der Waals surface area contributed by atoms with Crippen molar-refractivity contribution >= 4 is 12.3 Å². The minimum absolute atomic E-state index is 0.333. The quantitative estimate of drug-likeness (QED) is 0.611. The molecule has 0 aliphatic rings. The maximum Gasteiger partial charge on any atom is 0.340 e. The number of nitrogens with one attached hydrogen (secondary N) is 1. The van der Waals surface area contributed by atoms with E-state index in [1.165, 1.54) is 7.11 Å². The standard InChI is InChI=1S/C13H19NO3/c1-4-6-7-10-9(5-2)12(13(16)17-3)11(8-15)14-10/h8,14H,4-7H2,1-3H3. The molecule has 0 aromatic carbocycles. The number of rotatable bonds is 6. The lowest BCUT2D eigenvalue weighted by Gasteiger charge is -2.03. The molecule has 1 heterocycles. The molecule has 1 rings (SSSR count). The summed E-state index contributed by atoms with van der Waals surface area (Å²) in [5.41, 5.74) is 2.63. The van der Waals surface area contributed by atoms with Gasteiger partial charge in [-0.25, -0.2) is 4.79 Å². The molecule has 0 amide bonds. The van der Waals surface area contributed by atoms with Crippen molar-refractivity contribution in [3.05, 3.63) is 22.5 Å². The first-order chi connectivity index (χ1) is 8.19. The number of hydrogen-bond donors (Lipinski definition) is 1. The van der Waals surface area contributed by atoms with Crippen molar-refractivity contribution in [1.82, 2.24) is 4.98 Å². The fourth-order valence-corrected chi connectivity index (χ4v) is 1.99. The molecule has 4 nitrogen and oxygen atoms in total. The van der Waals surface area contributed by atoms with Crippen LogP contribution in [0.2, 0.25) is 0 Å². The molecule has 0 saturated heterocycles. The molecule has 0 bridgehead atoms. The summed E-state index contributed by atoms with van der Waals surface area (Å²) in [5.74, 6) is -0.442. The van der Waals surface area contributed by atoms with Gasteiger partial charge in [0.1, 0.15) is 0 Å². The third-order valence-corrected chi connectivity index (χ3v) is 2.86. The highest BCUT2D eigenvalue weighted by Gasteiger charge is 2.21. The number of hydrogen-bond acceptors (Lipinski definition) is 3. The zero-order valence-corrected chi connectivity index (χ0v) is 10.6. The van der Waals surface area contributed by atoms with Gasteiger partial charge in [0.2, 0.25) is 0 Å². The summed E-state index contributed by atoms with van der Waals surface area (Å²) in [4.78, 5) is 25.7. The summed E-state index contributed by atoms with van der Waals surface area (Å²) in [6.45, 7) is 4.08. The first kappa shape index (κ1) is 13.5. The van der Waals surface area contributed by atoms with Crippen LogP contribution < -0.4 is 0 Å². The van der Waals surface area contributed by atoms with Crippen LogP contribution in [0.25, 0.3) is 0 Å². The summed E-state index contributed by atoms with van der Waals surface area (Å²) in [5, 5.41) is 0. The molecule has 94 valence electrons. The minimum atomic E-state index is -0.442. The number of H-pyrrole nitrogens is 1. The highest BCUT2D eigenvalue weighted by Crippen LogP contribution is 2.21. The van der Waals surface area contributed by atoms with Gasteiger partial charge in [0, 0.05) is 5.69 Å². The van der Waals surface area contributed by atoms with Crippen molar-refractivity contribution < 1.29 is 14.3 Å². The van der Waals surface area contributed by atoms with E-state index in [0.29, 0.717) is 24.0 Å². The van der Waals surface area contributed by atoms with Crippen molar-refractivity contribution in [1.29, 1.82) is 0 Å². The Labute approximate surface area is 101 Å². The van der Waals surface area contributed by atoms with Gasteiger partial charge in [-0.15, -0.1) is 0 Å². The Morgan fingerprint density at radius 3 is 2.59 bits per heavy atom. The van der Waals surface area contributed by atoms with Gasteiger partial charge in [-0.2, -0.15) is 0 Å². The Morgan fingerprint density at radius 1 is 1.41 bits per heavy atom. The number of aromatic amines is 1. The second-order valence-corrected chi connectivity index (χ2v) is 3.94. The first-order valence-electron chi connectivity index (χ1n) is 5.96. The molecule has 0 unspecified atom stereocenters. The molecule has 0 fully saturated rings. The number of unbranched alkanes of at least 4 members (excludes halogenated alkanes) is 1. The number of aldehydes is 1. The van der Waals surface area contributed by atoms with Gasteiger partial charge in [-0.05, 0) is 24.8 Å². The molecule has 1 aromatic heterocycles. The van der Waals surface area contributed by atoms with Gasteiger partial charge >= 0.3 is 5.97 Å². The van der Waals surface area contributed by atoms with Crippen LogP contribution in [-0.4, -0.2) is 24.3 Å². The fourth-order valence-electron chi connectivity index (χ4n) is 1.99. The van der Waals surface area contributed by atoms with Crippen LogP contribution in [0.15, 0.2) is 0 Å². The molecule has 0 radical (unpaired) electrons. The van der Waals surface area contributed by atoms with Gasteiger partial charge in [0.05, 0.1) is 18.4 Å². The minimum Gasteiger partial charge on any atom is -0.465 e. The summed E-state index contributed by atoms with van der Waals surface area (Å²) >= 11 is 0. The van der Waals surface area contributed by atoms with Crippen LogP contribution in [-0.2, 0) is 17.6 Å². The summed E-state index contributed by atoms with van der Waals surface area (Å²) in [6, 6.07) is 0. The second kappa shape index (κ2) is 6.23. The van der Waals surface area contributed by atoms with Gasteiger partial charge in [0.15, 0.2) is 6.29 Å². The predicted octanol–water partition coefficient (Wildman–Crippen LogP) is 2.52. The molecule has 0 saturated carbocycles. The van der Waals surface area contributed by atoms with Crippen molar-refractivity contribution in [2.75, 3.05) is 7.11 Å². The maximum absolute atomic E-state index is 11.7. The van der Waals surface area contributed by atoms with Crippen molar-refractivity contribution in [2.24, 2.45) is 0 Å². The Balaban J connectivity index is 3.20. The number of aryl methyl sites for hydroxylation is 1. The molecule has 0 atom stereocenters. The number of carbonyl (C=O) groups is 2. The molecule has 1 aromatic rings. The zero-order chi connectivity index (χ0) is 12.8. The van der Waals surface area contributed by atoms with E-state index >= 15 is 0 Å². The number of aromatic nitrogens is 1. The predicted molar refractivity (Wildman–Crippen MR) is 65.5 cm³/mol. The third-order valence-electron chi connectivity index (χ3n) is 2.86. The van der Waals surface area contributed by atoms with Crippen LogP contribution in [0.4, 0.5) is 0 Å². The van der Waals surface area contributed by atoms with E-state index in [1.54, 1.807) is 0 Å². The monoisotopic (exact) mass is 237 g/mol. The highest BCUT2D eigenvalue weighted by molar-refractivity contribution is 5.99. The first-order valence-corrected chi connectivity index (χ1v) is 5.96. The average Bonchev–Trinajstić information content (AvgIpc) is 2.72. The van der Waals surface area contributed by atoms with Crippen LogP contribution in [0.5, 0.6) is 0 Å². The van der Waals surface area contributed by atoms with Crippen molar-refractivity contribution in [3.63, 3.8) is 0 Å². The Kier molecular flexibility index (Phi) is 4.94. The van der Waals surface area contributed by atoms with Crippen LogP contribution in [0.3, 0.4) is 0 Å². The number of esters is 1. The SMILES string of the molecule is CCCCc1[nH]c(C=O)c(C(=O)OC)c1CC. The van der Waals surface area contributed by atoms with Crippen molar-refractivity contribution in [2.45, 2.75) is 39.5 Å². The van der Waals surface area contributed by atoms with Crippen LogP contribution >= 0.6 is 0 Å². The summed E-state index contributed by atoms with van der Waals surface area (Å²) in [7, 11) is 1.33. The lowest BCUT2D eigenvalue weighted by Crippen LogP contribution is -2.06. The molecule has 1 N–H and O–H groups in total. The molecule has 0 aliphatic heterocycles. The summed E-state index contributed by atoms with van der Waals surface area (Å²) < 4.78 is 4.72. The van der Waals surface area contributed by atoms with Gasteiger partial charge in [0.25, 0.3) is 0 Å². The number of methoxy groups -OCH3 is 1. The Morgan fingerprint density at radius 2 is 2.12 bits per heavy atom. The Hall–Kier alpha value is -1.58. The van der Waals surface area contributed by atoms with Gasteiger partial charge < -0.3 is 9.72 Å². The zero-order valence-electron chi connectivity index (χ0n) is 10.6. The smallest absolute Gasteiger partial charge is 0.340 e. The van der Waals surface area contributed by atoms with E-state index < -0.39 is 5.97 Å². The van der Waals surface area contributed by atoms with E-state index in [0.717, 1.165) is 30.5 Å². The lowest BCUT2D eigenvalue weighted by molar-refractivity contribution is 0.0597. The van der Waals surface area contributed by atoms with E-state index in [4.69, 9.17) is 4.74 Å². The van der Waals surface area contributed by atoms with Gasteiger partial charge in [-0.3, -0.25) is 4.79 Å². The lowest BCUT2D eigenvalue weighted by atomic mass is 10.0. The van der Waals surface area contributed by atoms with Crippen LogP contribution in [0.1, 0.15) is 58.8 Å². The number of ether oxygens (including phenoxy) is 1. The third kappa shape index (κ3) is 2.75. The average molecular weight is 237 g/mol. The number of carbonyl (C=O) groups excluding carboxylic acids is 2. The molecule has 0 aliphatic carbocycles. The van der Waals surface area contributed by atoms with E-state index in [-0.39, 0.29) is 0 Å². The van der Waals surface area contributed by atoms with Gasteiger partial charge in [-0.1, -0.05) is 20.3 Å². The van der Waals surface area contributed by atoms with Crippen LogP contribution in [0, 0.1) is 0 Å². The largest absolute Gasteiger partial charge is 0.465 e. The fraction of sp³-hybridized carbons (Fsp3) is 0.538. The van der Waals surface area contributed by atoms with E-state index in [1.807, 2.05) is 6.92 Å². The maximum atomic E-state index is 11.7. The highest BCUT2D eigenvalue weighted by atomic mass is 16.5. The molecular weight excluding hydrogens is 218 g/mol. The topological polar surface area (TPSA) is 59.2 Å². The normalized spacial score (nSPS) is 10.3. The van der Waals surface area contributed by atoms with E-state index in [2.05, 4.69) is 11.9 Å². The molecule has 0 spiro atoms. The Bertz CT molecular complexity index is 407. The molecule has 17 heavy (non-hydrogen) atoms.